The van der Waals surface area contributed by atoms with Crippen molar-refractivity contribution in [1.29, 1.82) is 0 Å². The molecule has 0 aliphatic carbocycles. The molecular formula is C10H15FN2. The van der Waals surface area contributed by atoms with Crippen molar-refractivity contribution in [3.8, 4) is 0 Å². The van der Waals surface area contributed by atoms with Crippen LogP contribution in [0.2, 0.25) is 0 Å². The fourth-order valence-corrected chi connectivity index (χ4v) is 1.14. The average molecular weight is 182 g/mol. The average Bonchev–Trinajstić information content (AvgIpc) is 2.02. The second-order valence-electron chi connectivity index (χ2n) is 3.40. The fraction of sp³-hybridized carbons (Fsp3) is 0.400. The number of halogens is 1. The number of nitrogens with zero attached hydrogens (tertiary/aromatic N) is 1. The smallest absolute Gasteiger partial charge is 0.125 e. The van der Waals surface area contributed by atoms with Crippen molar-refractivity contribution < 1.29 is 4.39 Å². The molecule has 0 aromatic heterocycles. The largest absolute Gasteiger partial charge is 0.398 e. The highest BCUT2D eigenvalue weighted by molar-refractivity contribution is 5.46. The van der Waals surface area contributed by atoms with E-state index >= 15 is 0 Å². The second-order valence-corrected chi connectivity index (χ2v) is 3.40. The van der Waals surface area contributed by atoms with Crippen LogP contribution in [0.1, 0.15) is 5.56 Å². The van der Waals surface area contributed by atoms with Crippen LogP contribution in [-0.4, -0.2) is 25.5 Å². The first kappa shape index (κ1) is 9.99. The molecule has 0 aliphatic rings. The normalized spacial score (nSPS) is 10.8. The standard InChI is InChI=1S/C10H15FN2/c1-13(2)6-5-8-3-4-9(11)7-10(8)12/h3-4,7H,5-6,12H2,1-2H3. The van der Waals surface area contributed by atoms with Gasteiger partial charge in [0.2, 0.25) is 0 Å². The van der Waals surface area contributed by atoms with Crippen molar-refractivity contribution in [3.63, 3.8) is 0 Å². The molecule has 0 unspecified atom stereocenters. The van der Waals surface area contributed by atoms with Crippen LogP contribution in [0.4, 0.5) is 10.1 Å². The highest BCUT2D eigenvalue weighted by atomic mass is 19.1. The van der Waals surface area contributed by atoms with Gasteiger partial charge in [0.15, 0.2) is 0 Å². The summed E-state index contributed by atoms with van der Waals surface area (Å²) < 4.78 is 12.7. The maximum absolute atomic E-state index is 12.7. The molecule has 0 heterocycles. The predicted octanol–water partition coefficient (Wildman–Crippen LogP) is 1.51. The summed E-state index contributed by atoms with van der Waals surface area (Å²) in [6, 6.07) is 4.56. The van der Waals surface area contributed by atoms with E-state index in [9.17, 15) is 4.39 Å². The molecule has 2 nitrogen and oxygen atoms in total. The quantitative estimate of drug-likeness (QED) is 0.718. The van der Waals surface area contributed by atoms with Gasteiger partial charge in [-0.3, -0.25) is 0 Å². The first-order valence-corrected chi connectivity index (χ1v) is 4.28. The minimum Gasteiger partial charge on any atom is -0.398 e. The Balaban J connectivity index is 2.67. The van der Waals surface area contributed by atoms with Gasteiger partial charge in [0.25, 0.3) is 0 Å². The lowest BCUT2D eigenvalue weighted by Gasteiger charge is -2.10. The predicted molar refractivity (Wildman–Crippen MR) is 53.1 cm³/mol. The third kappa shape index (κ3) is 3.03. The highest BCUT2D eigenvalue weighted by Gasteiger charge is 2.00. The van der Waals surface area contributed by atoms with Gasteiger partial charge < -0.3 is 10.6 Å². The van der Waals surface area contributed by atoms with Crippen LogP contribution in [0.3, 0.4) is 0 Å². The lowest BCUT2D eigenvalue weighted by molar-refractivity contribution is 0.414. The van der Waals surface area contributed by atoms with Gasteiger partial charge in [-0.1, -0.05) is 6.07 Å². The second kappa shape index (κ2) is 4.23. The Morgan fingerprint density at radius 2 is 2.08 bits per heavy atom. The lowest BCUT2D eigenvalue weighted by Crippen LogP contribution is -2.15. The van der Waals surface area contributed by atoms with Gasteiger partial charge in [-0.2, -0.15) is 0 Å². The van der Waals surface area contributed by atoms with Crippen LogP contribution in [-0.2, 0) is 6.42 Å². The summed E-state index contributed by atoms with van der Waals surface area (Å²) in [5.74, 6) is -0.272. The Morgan fingerprint density at radius 1 is 1.38 bits per heavy atom. The molecule has 0 saturated carbocycles. The highest BCUT2D eigenvalue weighted by Crippen LogP contribution is 2.13. The number of nitrogen functional groups attached to an aromatic ring is 1. The lowest BCUT2D eigenvalue weighted by atomic mass is 10.1. The van der Waals surface area contributed by atoms with Crippen molar-refractivity contribution in [3.05, 3.63) is 29.6 Å². The third-order valence-corrected chi connectivity index (χ3v) is 1.94. The van der Waals surface area contributed by atoms with E-state index in [1.807, 2.05) is 14.1 Å². The molecular weight excluding hydrogens is 167 g/mol. The molecule has 3 heteroatoms. The van der Waals surface area contributed by atoms with E-state index in [4.69, 9.17) is 5.73 Å². The number of nitrogens with two attached hydrogens (primary N) is 1. The number of hydrogen-bond acceptors (Lipinski definition) is 2. The molecule has 0 fully saturated rings. The Bertz CT molecular complexity index is 284. The molecule has 0 aliphatic heterocycles. The van der Waals surface area contributed by atoms with Gasteiger partial charge in [-0.25, -0.2) is 4.39 Å². The zero-order valence-electron chi connectivity index (χ0n) is 8.05. The van der Waals surface area contributed by atoms with Crippen molar-refractivity contribution in [2.75, 3.05) is 26.4 Å². The van der Waals surface area contributed by atoms with Gasteiger partial charge >= 0.3 is 0 Å². The first-order chi connectivity index (χ1) is 6.09. The summed E-state index contributed by atoms with van der Waals surface area (Å²) in [6.07, 6.45) is 0.860. The number of anilines is 1. The Morgan fingerprint density at radius 3 is 2.62 bits per heavy atom. The molecule has 13 heavy (non-hydrogen) atoms. The zero-order chi connectivity index (χ0) is 9.84. The van der Waals surface area contributed by atoms with E-state index < -0.39 is 0 Å². The van der Waals surface area contributed by atoms with Crippen molar-refractivity contribution >= 4 is 5.69 Å². The van der Waals surface area contributed by atoms with Gasteiger partial charge in [-0.15, -0.1) is 0 Å². The van der Waals surface area contributed by atoms with Crippen LogP contribution in [0.25, 0.3) is 0 Å². The molecule has 2 N–H and O–H groups in total. The molecule has 0 radical (unpaired) electrons. The molecule has 1 rings (SSSR count). The number of likely N-dealkylation sites (N-methyl/N-ethyl adjacent to an activating group) is 1. The van der Waals surface area contributed by atoms with Crippen LogP contribution in [0, 0.1) is 5.82 Å². The number of benzene rings is 1. The monoisotopic (exact) mass is 182 g/mol. The molecule has 0 amide bonds. The fourth-order valence-electron chi connectivity index (χ4n) is 1.14. The zero-order valence-corrected chi connectivity index (χ0v) is 8.05. The minimum atomic E-state index is -0.272. The maximum atomic E-state index is 12.7. The molecule has 0 atom stereocenters. The van der Waals surface area contributed by atoms with Crippen LogP contribution < -0.4 is 5.73 Å². The summed E-state index contributed by atoms with van der Waals surface area (Å²) in [5.41, 5.74) is 7.20. The Labute approximate surface area is 78.2 Å². The van der Waals surface area contributed by atoms with Crippen LogP contribution in [0.15, 0.2) is 18.2 Å². The van der Waals surface area contributed by atoms with E-state index in [-0.39, 0.29) is 5.82 Å². The van der Waals surface area contributed by atoms with Gasteiger partial charge in [0.05, 0.1) is 0 Å². The summed E-state index contributed by atoms with van der Waals surface area (Å²) in [5, 5.41) is 0. The molecule has 0 bridgehead atoms. The van der Waals surface area contributed by atoms with E-state index in [2.05, 4.69) is 4.90 Å². The van der Waals surface area contributed by atoms with Gasteiger partial charge in [0.1, 0.15) is 5.82 Å². The first-order valence-electron chi connectivity index (χ1n) is 4.28. The van der Waals surface area contributed by atoms with Crippen molar-refractivity contribution in [2.45, 2.75) is 6.42 Å². The minimum absolute atomic E-state index is 0.272. The van der Waals surface area contributed by atoms with E-state index in [0.717, 1.165) is 18.5 Å². The van der Waals surface area contributed by atoms with Crippen LogP contribution in [0.5, 0.6) is 0 Å². The molecule has 0 saturated heterocycles. The summed E-state index contributed by atoms with van der Waals surface area (Å²) >= 11 is 0. The van der Waals surface area contributed by atoms with Crippen LogP contribution >= 0.6 is 0 Å². The summed E-state index contributed by atoms with van der Waals surface area (Å²) in [6.45, 7) is 0.926. The van der Waals surface area contributed by atoms with Gasteiger partial charge in [0, 0.05) is 12.2 Å². The van der Waals surface area contributed by atoms with E-state index in [0.29, 0.717) is 5.69 Å². The van der Waals surface area contributed by atoms with Gasteiger partial charge in [-0.05, 0) is 38.2 Å². The topological polar surface area (TPSA) is 29.3 Å². The Hall–Kier alpha value is -1.09. The number of hydrogen-bond donors (Lipinski definition) is 1. The Kier molecular flexibility index (Phi) is 3.25. The molecule has 0 spiro atoms. The number of rotatable bonds is 3. The molecule has 1 aromatic carbocycles. The van der Waals surface area contributed by atoms with E-state index in [1.54, 1.807) is 6.07 Å². The molecule has 1 aromatic rings. The summed E-state index contributed by atoms with van der Waals surface area (Å²) in [7, 11) is 4.00. The third-order valence-electron chi connectivity index (χ3n) is 1.94. The SMILES string of the molecule is CN(C)CCc1ccc(F)cc1N. The maximum Gasteiger partial charge on any atom is 0.125 e. The molecule has 72 valence electrons. The summed E-state index contributed by atoms with van der Waals surface area (Å²) in [4.78, 5) is 2.07. The van der Waals surface area contributed by atoms with E-state index in [1.165, 1.54) is 12.1 Å². The van der Waals surface area contributed by atoms with Crippen molar-refractivity contribution in [1.82, 2.24) is 4.90 Å². The van der Waals surface area contributed by atoms with Crippen molar-refractivity contribution in [2.24, 2.45) is 0 Å².